The maximum atomic E-state index is 12.6. The minimum Gasteiger partial charge on any atom is -0.395 e. The molecule has 36 heavy (non-hydrogen) atoms. The Hall–Kier alpha value is -3.53. The number of benzene rings is 2. The van der Waals surface area contributed by atoms with Crippen molar-refractivity contribution in [3.63, 3.8) is 0 Å². The van der Waals surface area contributed by atoms with Crippen LogP contribution in [-0.2, 0) is 9.53 Å². The zero-order valence-corrected chi connectivity index (χ0v) is 20.3. The number of β-amino-alcohol motifs (C(OH)–C–C–N with tert-alkyl or cyclic N) is 1. The molecule has 0 aliphatic carbocycles. The summed E-state index contributed by atoms with van der Waals surface area (Å²) in [6, 6.07) is 17.8. The Morgan fingerprint density at radius 3 is 2.50 bits per heavy atom. The van der Waals surface area contributed by atoms with Crippen LogP contribution in [0.15, 0.2) is 60.8 Å². The second-order valence-electron chi connectivity index (χ2n) is 9.11. The lowest BCUT2D eigenvalue weighted by molar-refractivity contribution is -0.119. The summed E-state index contributed by atoms with van der Waals surface area (Å²) in [6.45, 7) is 5.62. The van der Waals surface area contributed by atoms with Crippen molar-refractivity contribution in [3.05, 3.63) is 60.8 Å². The molecular formula is C27H32N6O3. The Balaban J connectivity index is 1.19. The molecule has 1 unspecified atom stereocenters. The van der Waals surface area contributed by atoms with Crippen molar-refractivity contribution in [1.82, 2.24) is 14.9 Å². The van der Waals surface area contributed by atoms with Crippen molar-refractivity contribution in [2.45, 2.75) is 6.42 Å². The van der Waals surface area contributed by atoms with Crippen LogP contribution in [0.1, 0.15) is 6.42 Å². The number of hydrogen-bond donors (Lipinski definition) is 3. The molecule has 2 aliphatic rings. The van der Waals surface area contributed by atoms with Crippen LogP contribution in [0, 0.1) is 5.92 Å². The number of amides is 1. The van der Waals surface area contributed by atoms with Gasteiger partial charge in [-0.3, -0.25) is 4.79 Å². The van der Waals surface area contributed by atoms with Gasteiger partial charge in [-0.25, -0.2) is 9.97 Å². The third kappa shape index (κ3) is 5.99. The number of nitrogens with one attached hydrogen (secondary N) is 2. The highest BCUT2D eigenvalue weighted by Crippen LogP contribution is 2.24. The number of nitrogens with zero attached hydrogens (tertiary/aromatic N) is 4. The molecule has 5 rings (SSSR count). The van der Waals surface area contributed by atoms with Gasteiger partial charge in [0, 0.05) is 55.0 Å². The SMILES string of the molecule is O=C(Nc1ccc(-c2ccnc(Nc3ccc(N4CCOCC4)cc3)n2)cc1)C1CCN(CCO)C1. The smallest absolute Gasteiger partial charge is 0.228 e. The quantitative estimate of drug-likeness (QED) is 0.445. The van der Waals surface area contributed by atoms with Gasteiger partial charge in [-0.05, 0) is 55.4 Å². The van der Waals surface area contributed by atoms with Gasteiger partial charge in [-0.2, -0.15) is 0 Å². The van der Waals surface area contributed by atoms with Gasteiger partial charge in [0.1, 0.15) is 0 Å². The van der Waals surface area contributed by atoms with Gasteiger partial charge in [0.05, 0.1) is 31.4 Å². The summed E-state index contributed by atoms with van der Waals surface area (Å²) < 4.78 is 5.43. The molecule has 0 bridgehead atoms. The summed E-state index contributed by atoms with van der Waals surface area (Å²) in [7, 11) is 0. The number of aliphatic hydroxyl groups is 1. The number of likely N-dealkylation sites (tertiary alicyclic amines) is 1. The molecule has 1 atom stereocenters. The molecule has 2 aromatic carbocycles. The Morgan fingerprint density at radius 1 is 1.00 bits per heavy atom. The molecule has 2 fully saturated rings. The van der Waals surface area contributed by atoms with Gasteiger partial charge in [0.15, 0.2) is 0 Å². The van der Waals surface area contributed by atoms with Crippen LogP contribution < -0.4 is 15.5 Å². The Bertz CT molecular complexity index is 1150. The first-order valence-electron chi connectivity index (χ1n) is 12.5. The number of aliphatic hydroxyl groups excluding tert-OH is 1. The maximum absolute atomic E-state index is 12.6. The highest BCUT2D eigenvalue weighted by molar-refractivity contribution is 5.93. The fourth-order valence-corrected chi connectivity index (χ4v) is 4.65. The van der Waals surface area contributed by atoms with Crippen LogP contribution in [0.3, 0.4) is 0 Å². The van der Waals surface area contributed by atoms with Crippen molar-refractivity contribution in [3.8, 4) is 11.3 Å². The highest BCUT2D eigenvalue weighted by atomic mass is 16.5. The Kier molecular flexibility index (Phi) is 7.70. The van der Waals surface area contributed by atoms with Crippen LogP contribution >= 0.6 is 0 Å². The number of carbonyl (C=O) groups excluding carboxylic acids is 1. The summed E-state index contributed by atoms with van der Waals surface area (Å²) in [5, 5.41) is 15.4. The third-order valence-electron chi connectivity index (χ3n) is 6.66. The van der Waals surface area contributed by atoms with Crippen LogP contribution in [0.5, 0.6) is 0 Å². The lowest BCUT2D eigenvalue weighted by atomic mass is 10.1. The highest BCUT2D eigenvalue weighted by Gasteiger charge is 2.27. The molecule has 0 spiro atoms. The van der Waals surface area contributed by atoms with E-state index in [0.717, 1.165) is 61.9 Å². The van der Waals surface area contributed by atoms with Crippen molar-refractivity contribution < 1.29 is 14.6 Å². The lowest BCUT2D eigenvalue weighted by Crippen LogP contribution is -2.36. The molecule has 3 aromatic rings. The molecule has 0 radical (unpaired) electrons. The van der Waals surface area contributed by atoms with Crippen LogP contribution in [0.2, 0.25) is 0 Å². The molecule has 2 aliphatic heterocycles. The normalized spacial score (nSPS) is 18.2. The number of aromatic nitrogens is 2. The minimum atomic E-state index is -0.0466. The van der Waals surface area contributed by atoms with Gasteiger partial charge in [0.2, 0.25) is 11.9 Å². The summed E-state index contributed by atoms with van der Waals surface area (Å²) >= 11 is 0. The van der Waals surface area contributed by atoms with Gasteiger partial charge < -0.3 is 30.3 Å². The number of anilines is 4. The van der Waals surface area contributed by atoms with E-state index >= 15 is 0 Å². The van der Waals surface area contributed by atoms with E-state index in [4.69, 9.17) is 9.84 Å². The maximum Gasteiger partial charge on any atom is 0.228 e. The van der Waals surface area contributed by atoms with Crippen molar-refractivity contribution in [2.75, 3.05) is 68.1 Å². The molecular weight excluding hydrogens is 456 g/mol. The van der Waals surface area contributed by atoms with Crippen LogP contribution in [0.4, 0.5) is 23.0 Å². The molecule has 3 N–H and O–H groups in total. The number of ether oxygens (including phenoxy) is 1. The molecule has 1 amide bonds. The van der Waals surface area contributed by atoms with Crippen molar-refractivity contribution >= 4 is 28.9 Å². The van der Waals surface area contributed by atoms with Gasteiger partial charge in [0.25, 0.3) is 0 Å². The fourth-order valence-electron chi connectivity index (χ4n) is 4.65. The number of carbonyl (C=O) groups is 1. The molecule has 0 saturated carbocycles. The largest absolute Gasteiger partial charge is 0.395 e. The monoisotopic (exact) mass is 488 g/mol. The van der Waals surface area contributed by atoms with E-state index in [1.54, 1.807) is 6.20 Å². The first-order valence-corrected chi connectivity index (χ1v) is 12.5. The standard InChI is InChI=1S/C27H32N6O3/c34-16-13-32-12-10-21(19-32)26(35)29-22-3-1-20(2-4-22)25-9-11-28-27(31-25)30-23-5-7-24(8-6-23)33-14-17-36-18-15-33/h1-9,11,21,34H,10,12-19H2,(H,29,35)(H,28,30,31). The minimum absolute atomic E-state index is 0.0244. The molecule has 9 nitrogen and oxygen atoms in total. The summed E-state index contributed by atoms with van der Waals surface area (Å²) in [6.07, 6.45) is 2.55. The molecule has 188 valence electrons. The first-order chi connectivity index (χ1) is 17.7. The van der Waals surface area contributed by atoms with E-state index in [1.807, 2.05) is 42.5 Å². The number of hydrogen-bond acceptors (Lipinski definition) is 8. The van der Waals surface area contributed by atoms with Gasteiger partial charge >= 0.3 is 0 Å². The van der Waals surface area contributed by atoms with E-state index in [9.17, 15) is 4.79 Å². The van der Waals surface area contributed by atoms with E-state index in [-0.39, 0.29) is 18.4 Å². The fraction of sp³-hybridized carbons (Fsp3) is 0.370. The second-order valence-corrected chi connectivity index (χ2v) is 9.11. The van der Waals surface area contributed by atoms with Gasteiger partial charge in [-0.1, -0.05) is 12.1 Å². The summed E-state index contributed by atoms with van der Waals surface area (Å²) in [4.78, 5) is 26.1. The van der Waals surface area contributed by atoms with E-state index < -0.39 is 0 Å². The Labute approximate surface area is 211 Å². The Morgan fingerprint density at radius 2 is 1.75 bits per heavy atom. The molecule has 1 aromatic heterocycles. The zero-order valence-electron chi connectivity index (χ0n) is 20.3. The van der Waals surface area contributed by atoms with Crippen LogP contribution in [0.25, 0.3) is 11.3 Å². The van der Waals surface area contributed by atoms with Gasteiger partial charge in [-0.15, -0.1) is 0 Å². The van der Waals surface area contributed by atoms with Crippen molar-refractivity contribution in [1.29, 1.82) is 0 Å². The molecule has 9 heteroatoms. The number of rotatable bonds is 8. The topological polar surface area (TPSA) is 103 Å². The van der Waals surface area contributed by atoms with Crippen LogP contribution in [-0.4, -0.2) is 78.4 Å². The lowest BCUT2D eigenvalue weighted by Gasteiger charge is -2.28. The van der Waals surface area contributed by atoms with E-state index in [0.29, 0.717) is 19.0 Å². The zero-order chi connectivity index (χ0) is 24.7. The average Bonchev–Trinajstić information content (AvgIpc) is 3.39. The second kappa shape index (κ2) is 11.5. The number of morpholine rings is 1. The predicted octanol–water partition coefficient (Wildman–Crippen LogP) is 2.98. The summed E-state index contributed by atoms with van der Waals surface area (Å²) in [5.41, 5.74) is 4.60. The van der Waals surface area contributed by atoms with Crippen molar-refractivity contribution in [2.24, 2.45) is 5.92 Å². The summed E-state index contributed by atoms with van der Waals surface area (Å²) in [5.74, 6) is 0.503. The molecule has 2 saturated heterocycles. The molecule has 3 heterocycles. The third-order valence-corrected chi connectivity index (χ3v) is 6.66. The first kappa shape index (κ1) is 24.2. The van der Waals surface area contributed by atoms with E-state index in [1.165, 1.54) is 5.69 Å². The average molecular weight is 489 g/mol. The predicted molar refractivity (Wildman–Crippen MR) is 140 cm³/mol. The van der Waals surface area contributed by atoms with E-state index in [2.05, 4.69) is 42.5 Å².